The summed E-state index contributed by atoms with van der Waals surface area (Å²) in [5, 5.41) is 3.04. The van der Waals surface area contributed by atoms with Crippen LogP contribution in [-0.4, -0.2) is 18.0 Å². The van der Waals surface area contributed by atoms with Gasteiger partial charge in [-0.15, -0.1) is 12.4 Å². The number of rotatable bonds is 7. The number of carbonyl (C=O) groups is 1. The molecule has 1 rings (SSSR count). The van der Waals surface area contributed by atoms with Crippen molar-refractivity contribution in [1.82, 2.24) is 5.32 Å². The van der Waals surface area contributed by atoms with Crippen molar-refractivity contribution in [2.24, 2.45) is 11.7 Å². The molecule has 0 fully saturated rings. The van der Waals surface area contributed by atoms with Gasteiger partial charge >= 0.3 is 0 Å². The third-order valence-corrected chi connectivity index (χ3v) is 4.13. The molecule has 1 aromatic carbocycles. The van der Waals surface area contributed by atoms with E-state index in [1.165, 1.54) is 0 Å². The Morgan fingerprint density at radius 1 is 1.19 bits per heavy atom. The summed E-state index contributed by atoms with van der Waals surface area (Å²) in [6.45, 7) is 8.81. The van der Waals surface area contributed by atoms with Crippen LogP contribution in [0, 0.1) is 5.92 Å². The lowest BCUT2D eigenvalue weighted by atomic mass is 9.87. The first-order valence-electron chi connectivity index (χ1n) is 7.55. The largest absolute Gasteiger partial charge is 0.354 e. The van der Waals surface area contributed by atoms with Crippen molar-refractivity contribution in [2.45, 2.75) is 52.0 Å². The van der Waals surface area contributed by atoms with Crippen LogP contribution in [0.2, 0.25) is 0 Å². The minimum Gasteiger partial charge on any atom is -0.354 e. The van der Waals surface area contributed by atoms with Gasteiger partial charge in [0, 0.05) is 12.1 Å². The van der Waals surface area contributed by atoms with Crippen LogP contribution in [0.1, 0.15) is 52.0 Å². The number of carbonyl (C=O) groups excluding carboxylic acids is 1. The fraction of sp³-hybridized carbons (Fsp3) is 0.588. The molecule has 4 heteroatoms. The zero-order valence-corrected chi connectivity index (χ0v) is 14.4. The lowest BCUT2D eigenvalue weighted by Gasteiger charge is -2.29. The lowest BCUT2D eigenvalue weighted by Crippen LogP contribution is -2.50. The maximum atomic E-state index is 12.5. The summed E-state index contributed by atoms with van der Waals surface area (Å²) in [4.78, 5) is 12.5. The molecule has 1 atom stereocenters. The Kier molecular flexibility index (Phi) is 8.60. The van der Waals surface area contributed by atoms with Gasteiger partial charge in [-0.2, -0.15) is 0 Å². The molecule has 3 N–H and O–H groups in total. The fourth-order valence-corrected chi connectivity index (χ4v) is 2.37. The van der Waals surface area contributed by atoms with Crippen LogP contribution < -0.4 is 11.1 Å². The maximum Gasteiger partial charge on any atom is 0.227 e. The Labute approximate surface area is 135 Å². The van der Waals surface area contributed by atoms with Crippen molar-refractivity contribution in [2.75, 3.05) is 6.54 Å². The van der Waals surface area contributed by atoms with Crippen LogP contribution in [0.15, 0.2) is 30.3 Å². The van der Waals surface area contributed by atoms with Crippen LogP contribution in [0.4, 0.5) is 0 Å². The molecule has 1 aromatic rings. The Hall–Kier alpha value is -1.06. The van der Waals surface area contributed by atoms with E-state index in [-0.39, 0.29) is 35.7 Å². The van der Waals surface area contributed by atoms with Gasteiger partial charge in [0.25, 0.3) is 0 Å². The number of hydrogen-bond donors (Lipinski definition) is 2. The smallest absolute Gasteiger partial charge is 0.227 e. The van der Waals surface area contributed by atoms with Gasteiger partial charge in [-0.3, -0.25) is 4.79 Å². The molecule has 0 aliphatic rings. The molecule has 0 saturated heterocycles. The van der Waals surface area contributed by atoms with Gasteiger partial charge in [0.2, 0.25) is 5.91 Å². The highest BCUT2D eigenvalue weighted by Crippen LogP contribution is 2.24. The standard InChI is InChI=1S/C17H28N2O.ClH/c1-5-17(18,6-2)12-19-16(20)15(13(3)4)14-10-8-7-9-11-14;/h7-11,13,15H,5-6,12,18H2,1-4H3,(H,19,20);1H. The minimum atomic E-state index is -0.298. The first kappa shape index (κ1) is 19.9. The molecule has 21 heavy (non-hydrogen) atoms. The van der Waals surface area contributed by atoms with Crippen LogP contribution in [0.5, 0.6) is 0 Å². The van der Waals surface area contributed by atoms with E-state index in [0.29, 0.717) is 6.54 Å². The Morgan fingerprint density at radius 3 is 2.14 bits per heavy atom. The highest BCUT2D eigenvalue weighted by Gasteiger charge is 2.27. The number of amides is 1. The number of nitrogens with one attached hydrogen (secondary N) is 1. The highest BCUT2D eigenvalue weighted by molar-refractivity contribution is 5.85. The van der Waals surface area contributed by atoms with Crippen molar-refractivity contribution in [3.8, 4) is 0 Å². The summed E-state index contributed by atoms with van der Waals surface area (Å²) in [5.41, 5.74) is 7.01. The lowest BCUT2D eigenvalue weighted by molar-refractivity contribution is -0.123. The summed E-state index contributed by atoms with van der Waals surface area (Å²) in [7, 11) is 0. The molecule has 1 unspecified atom stereocenters. The van der Waals surface area contributed by atoms with E-state index < -0.39 is 0 Å². The van der Waals surface area contributed by atoms with Crippen molar-refractivity contribution in [3.05, 3.63) is 35.9 Å². The molecule has 0 heterocycles. The average molecular weight is 313 g/mol. The first-order valence-corrected chi connectivity index (χ1v) is 7.55. The molecule has 0 saturated carbocycles. The van der Waals surface area contributed by atoms with Gasteiger partial charge < -0.3 is 11.1 Å². The van der Waals surface area contributed by atoms with Crippen molar-refractivity contribution in [1.29, 1.82) is 0 Å². The van der Waals surface area contributed by atoms with E-state index in [1.54, 1.807) is 0 Å². The summed E-state index contributed by atoms with van der Waals surface area (Å²) in [6, 6.07) is 9.95. The zero-order valence-electron chi connectivity index (χ0n) is 13.6. The van der Waals surface area contributed by atoms with Crippen molar-refractivity contribution in [3.63, 3.8) is 0 Å². The second-order valence-corrected chi connectivity index (χ2v) is 5.92. The molecule has 0 aromatic heterocycles. The highest BCUT2D eigenvalue weighted by atomic mass is 35.5. The predicted molar refractivity (Wildman–Crippen MR) is 91.8 cm³/mol. The molecule has 1 amide bonds. The molecule has 0 radical (unpaired) electrons. The zero-order chi connectivity index (χ0) is 15.2. The summed E-state index contributed by atoms with van der Waals surface area (Å²) in [5.74, 6) is 0.213. The van der Waals surface area contributed by atoms with E-state index in [4.69, 9.17) is 5.73 Å². The van der Waals surface area contributed by atoms with Gasteiger partial charge in [-0.25, -0.2) is 0 Å². The minimum absolute atomic E-state index is 0. The second-order valence-electron chi connectivity index (χ2n) is 5.92. The van der Waals surface area contributed by atoms with Gasteiger partial charge in [-0.1, -0.05) is 58.0 Å². The summed E-state index contributed by atoms with van der Waals surface area (Å²) < 4.78 is 0. The number of halogens is 1. The third-order valence-electron chi connectivity index (χ3n) is 4.13. The molecular weight excluding hydrogens is 284 g/mol. The number of benzene rings is 1. The van der Waals surface area contributed by atoms with Crippen LogP contribution >= 0.6 is 12.4 Å². The number of hydrogen-bond acceptors (Lipinski definition) is 2. The van der Waals surface area contributed by atoms with E-state index in [1.807, 2.05) is 30.3 Å². The van der Waals surface area contributed by atoms with E-state index in [0.717, 1.165) is 18.4 Å². The molecular formula is C17H29ClN2O. The Morgan fingerprint density at radius 2 is 1.71 bits per heavy atom. The van der Waals surface area contributed by atoms with Crippen LogP contribution in [-0.2, 0) is 4.79 Å². The Balaban J connectivity index is 0.00000400. The van der Waals surface area contributed by atoms with Gasteiger partial charge in [-0.05, 0) is 24.3 Å². The molecule has 120 valence electrons. The van der Waals surface area contributed by atoms with E-state index in [2.05, 4.69) is 33.0 Å². The topological polar surface area (TPSA) is 55.1 Å². The van der Waals surface area contributed by atoms with Crippen molar-refractivity contribution < 1.29 is 4.79 Å². The third kappa shape index (κ3) is 5.68. The van der Waals surface area contributed by atoms with Gasteiger partial charge in [0.15, 0.2) is 0 Å². The summed E-state index contributed by atoms with van der Waals surface area (Å²) in [6.07, 6.45) is 1.73. The second kappa shape index (κ2) is 9.06. The Bertz CT molecular complexity index is 416. The molecule has 3 nitrogen and oxygen atoms in total. The predicted octanol–water partition coefficient (Wildman–Crippen LogP) is 3.48. The van der Waals surface area contributed by atoms with Crippen LogP contribution in [0.25, 0.3) is 0 Å². The first-order chi connectivity index (χ1) is 9.43. The monoisotopic (exact) mass is 312 g/mol. The van der Waals surface area contributed by atoms with Gasteiger partial charge in [0.05, 0.1) is 5.92 Å². The molecule has 0 spiro atoms. The molecule has 0 aliphatic heterocycles. The maximum absolute atomic E-state index is 12.5. The number of nitrogens with two attached hydrogens (primary N) is 1. The fourth-order valence-electron chi connectivity index (χ4n) is 2.37. The van der Waals surface area contributed by atoms with E-state index >= 15 is 0 Å². The quantitative estimate of drug-likeness (QED) is 0.810. The van der Waals surface area contributed by atoms with E-state index in [9.17, 15) is 4.79 Å². The molecule has 0 aliphatic carbocycles. The molecule has 0 bridgehead atoms. The summed E-state index contributed by atoms with van der Waals surface area (Å²) >= 11 is 0. The van der Waals surface area contributed by atoms with Gasteiger partial charge in [0.1, 0.15) is 0 Å². The van der Waals surface area contributed by atoms with Crippen molar-refractivity contribution >= 4 is 18.3 Å². The normalized spacial score (nSPS) is 12.7. The average Bonchev–Trinajstić information content (AvgIpc) is 2.46. The SMILES string of the molecule is CCC(N)(CC)CNC(=O)C(c1ccccc1)C(C)C.Cl. The van der Waals surface area contributed by atoms with Crippen LogP contribution in [0.3, 0.4) is 0 Å².